The van der Waals surface area contributed by atoms with Gasteiger partial charge in [-0.1, -0.05) is 44.2 Å². The molecule has 4 heteroatoms. The SMILES string of the molecule is CC(C)[C@@H](CO)NCC(F)(F)c1ccccc1. The molecule has 1 rings (SSSR count). The molecule has 0 aromatic heterocycles. The molecule has 96 valence electrons. The van der Waals surface area contributed by atoms with Crippen LogP contribution in [-0.2, 0) is 5.92 Å². The fraction of sp³-hybridized carbons (Fsp3) is 0.538. The highest BCUT2D eigenvalue weighted by molar-refractivity contribution is 5.20. The molecule has 17 heavy (non-hydrogen) atoms. The molecule has 0 aliphatic carbocycles. The van der Waals surface area contributed by atoms with Crippen LogP contribution in [0.5, 0.6) is 0 Å². The van der Waals surface area contributed by atoms with E-state index in [1.807, 2.05) is 13.8 Å². The highest BCUT2D eigenvalue weighted by Gasteiger charge is 2.32. The highest BCUT2D eigenvalue weighted by atomic mass is 19.3. The average Bonchev–Trinajstić information content (AvgIpc) is 2.30. The van der Waals surface area contributed by atoms with Gasteiger partial charge in [0.25, 0.3) is 5.92 Å². The van der Waals surface area contributed by atoms with E-state index in [2.05, 4.69) is 5.32 Å². The Kier molecular flexibility index (Phi) is 5.02. The van der Waals surface area contributed by atoms with Crippen LogP contribution in [0.2, 0.25) is 0 Å². The van der Waals surface area contributed by atoms with Crippen molar-refractivity contribution in [3.63, 3.8) is 0 Å². The van der Waals surface area contributed by atoms with Gasteiger partial charge in [0.2, 0.25) is 0 Å². The van der Waals surface area contributed by atoms with Gasteiger partial charge in [0.1, 0.15) is 0 Å². The number of hydrogen-bond acceptors (Lipinski definition) is 2. The van der Waals surface area contributed by atoms with Crippen LogP contribution in [0.1, 0.15) is 19.4 Å². The van der Waals surface area contributed by atoms with Gasteiger partial charge in [0, 0.05) is 11.6 Å². The van der Waals surface area contributed by atoms with Crippen molar-refractivity contribution in [3.05, 3.63) is 35.9 Å². The molecule has 0 heterocycles. The van der Waals surface area contributed by atoms with Crippen molar-refractivity contribution in [1.82, 2.24) is 5.32 Å². The Morgan fingerprint density at radius 2 is 1.82 bits per heavy atom. The van der Waals surface area contributed by atoms with E-state index < -0.39 is 12.5 Å². The van der Waals surface area contributed by atoms with E-state index in [-0.39, 0.29) is 24.1 Å². The molecule has 0 unspecified atom stereocenters. The summed E-state index contributed by atoms with van der Waals surface area (Å²) in [6.45, 7) is 3.17. The van der Waals surface area contributed by atoms with Gasteiger partial charge in [-0.2, -0.15) is 8.78 Å². The lowest BCUT2D eigenvalue weighted by Gasteiger charge is -2.24. The molecule has 0 fully saturated rings. The van der Waals surface area contributed by atoms with Gasteiger partial charge in [-0.15, -0.1) is 0 Å². The minimum absolute atomic E-state index is 0.00653. The first kappa shape index (κ1) is 14.1. The number of rotatable bonds is 6. The lowest BCUT2D eigenvalue weighted by molar-refractivity contribution is -0.00912. The van der Waals surface area contributed by atoms with E-state index in [4.69, 9.17) is 5.11 Å². The molecule has 0 aliphatic heterocycles. The van der Waals surface area contributed by atoms with Crippen LogP contribution in [0.4, 0.5) is 8.78 Å². The van der Waals surface area contributed by atoms with Gasteiger partial charge in [-0.25, -0.2) is 0 Å². The Morgan fingerprint density at radius 1 is 1.24 bits per heavy atom. The van der Waals surface area contributed by atoms with Gasteiger partial charge in [0.05, 0.1) is 13.2 Å². The summed E-state index contributed by atoms with van der Waals surface area (Å²) in [7, 11) is 0. The normalized spacial score (nSPS) is 14.0. The first-order chi connectivity index (χ1) is 7.97. The highest BCUT2D eigenvalue weighted by Crippen LogP contribution is 2.26. The van der Waals surface area contributed by atoms with E-state index in [0.29, 0.717) is 0 Å². The van der Waals surface area contributed by atoms with Crippen LogP contribution in [0.15, 0.2) is 30.3 Å². The Bertz CT molecular complexity index is 327. The van der Waals surface area contributed by atoms with Crippen LogP contribution in [0.25, 0.3) is 0 Å². The van der Waals surface area contributed by atoms with Crippen molar-refractivity contribution in [2.45, 2.75) is 25.8 Å². The van der Waals surface area contributed by atoms with Crippen molar-refractivity contribution in [2.75, 3.05) is 13.2 Å². The number of hydrogen-bond donors (Lipinski definition) is 2. The number of alkyl halides is 2. The van der Waals surface area contributed by atoms with E-state index >= 15 is 0 Å². The fourth-order valence-corrected chi connectivity index (χ4v) is 1.55. The minimum Gasteiger partial charge on any atom is -0.395 e. The lowest BCUT2D eigenvalue weighted by Crippen LogP contribution is -2.42. The Balaban J connectivity index is 2.61. The fourth-order valence-electron chi connectivity index (χ4n) is 1.55. The topological polar surface area (TPSA) is 32.3 Å². The summed E-state index contributed by atoms with van der Waals surface area (Å²) in [5, 5.41) is 11.8. The van der Waals surface area contributed by atoms with Gasteiger partial charge < -0.3 is 10.4 Å². The van der Waals surface area contributed by atoms with Crippen molar-refractivity contribution >= 4 is 0 Å². The molecular formula is C13H19F2NO. The van der Waals surface area contributed by atoms with E-state index in [1.54, 1.807) is 18.2 Å². The summed E-state index contributed by atoms with van der Waals surface area (Å²) in [6.07, 6.45) is 0. The smallest absolute Gasteiger partial charge is 0.285 e. The molecule has 1 aromatic rings. The number of nitrogens with one attached hydrogen (secondary N) is 1. The third-order valence-corrected chi connectivity index (χ3v) is 2.78. The molecule has 0 radical (unpaired) electrons. The first-order valence-corrected chi connectivity index (χ1v) is 5.75. The van der Waals surface area contributed by atoms with Crippen LogP contribution in [0.3, 0.4) is 0 Å². The molecule has 0 spiro atoms. The van der Waals surface area contributed by atoms with Crippen LogP contribution in [-0.4, -0.2) is 24.3 Å². The molecule has 2 nitrogen and oxygen atoms in total. The van der Waals surface area contributed by atoms with Gasteiger partial charge in [-0.05, 0) is 5.92 Å². The Labute approximate surface area is 101 Å². The predicted molar refractivity (Wildman–Crippen MR) is 64.1 cm³/mol. The third-order valence-electron chi connectivity index (χ3n) is 2.78. The molecular weight excluding hydrogens is 224 g/mol. The minimum atomic E-state index is -2.91. The molecule has 0 saturated carbocycles. The molecule has 0 amide bonds. The van der Waals surface area contributed by atoms with Crippen molar-refractivity contribution in [1.29, 1.82) is 0 Å². The van der Waals surface area contributed by atoms with Crippen molar-refractivity contribution < 1.29 is 13.9 Å². The molecule has 1 aromatic carbocycles. The summed E-state index contributed by atoms with van der Waals surface area (Å²) in [5.41, 5.74) is -0.00653. The largest absolute Gasteiger partial charge is 0.395 e. The summed E-state index contributed by atoms with van der Waals surface area (Å²) in [6, 6.07) is 7.41. The van der Waals surface area contributed by atoms with E-state index in [1.165, 1.54) is 12.1 Å². The standard InChI is InChI=1S/C13H19F2NO/c1-10(2)12(8-17)16-9-13(14,15)11-6-4-3-5-7-11/h3-7,10,12,16-17H,8-9H2,1-2H3/t12-/m1/s1. The van der Waals surface area contributed by atoms with Gasteiger partial charge >= 0.3 is 0 Å². The summed E-state index contributed by atoms with van der Waals surface area (Å²) in [4.78, 5) is 0. The predicted octanol–water partition coefficient (Wildman–Crippen LogP) is 2.38. The number of aliphatic hydroxyl groups excluding tert-OH is 1. The van der Waals surface area contributed by atoms with Crippen molar-refractivity contribution in [3.8, 4) is 0 Å². The average molecular weight is 243 g/mol. The zero-order chi connectivity index (χ0) is 12.9. The summed E-state index contributed by atoms with van der Waals surface area (Å²) < 4.78 is 27.5. The second-order valence-corrected chi connectivity index (χ2v) is 4.48. The third kappa shape index (κ3) is 4.06. The molecule has 0 bridgehead atoms. The van der Waals surface area contributed by atoms with Crippen LogP contribution in [0, 0.1) is 5.92 Å². The van der Waals surface area contributed by atoms with Gasteiger partial charge in [0.15, 0.2) is 0 Å². The maximum Gasteiger partial charge on any atom is 0.285 e. The van der Waals surface area contributed by atoms with Gasteiger partial charge in [-0.3, -0.25) is 0 Å². The molecule has 0 aliphatic rings. The number of benzene rings is 1. The Hall–Kier alpha value is -1.00. The van der Waals surface area contributed by atoms with Crippen molar-refractivity contribution in [2.24, 2.45) is 5.92 Å². The maximum absolute atomic E-state index is 13.8. The lowest BCUT2D eigenvalue weighted by atomic mass is 10.0. The number of halogens is 2. The zero-order valence-electron chi connectivity index (χ0n) is 10.2. The van der Waals surface area contributed by atoms with Crippen LogP contribution < -0.4 is 5.32 Å². The summed E-state index contributed by atoms with van der Waals surface area (Å²) >= 11 is 0. The molecule has 1 atom stereocenters. The quantitative estimate of drug-likeness (QED) is 0.804. The van der Waals surface area contributed by atoms with E-state index in [0.717, 1.165) is 0 Å². The number of aliphatic hydroxyl groups is 1. The maximum atomic E-state index is 13.8. The summed E-state index contributed by atoms with van der Waals surface area (Å²) in [5.74, 6) is -2.80. The Morgan fingerprint density at radius 3 is 2.29 bits per heavy atom. The van der Waals surface area contributed by atoms with E-state index in [9.17, 15) is 8.78 Å². The second-order valence-electron chi connectivity index (χ2n) is 4.48. The molecule has 2 N–H and O–H groups in total. The first-order valence-electron chi connectivity index (χ1n) is 5.75. The molecule has 0 saturated heterocycles. The van der Waals surface area contributed by atoms with Crippen LogP contribution >= 0.6 is 0 Å². The monoisotopic (exact) mass is 243 g/mol. The zero-order valence-corrected chi connectivity index (χ0v) is 10.2. The second kappa shape index (κ2) is 6.07.